The molecule has 9 heteroatoms. The van der Waals surface area contributed by atoms with E-state index in [1.54, 1.807) is 0 Å². The second kappa shape index (κ2) is 9.56. The Bertz CT molecular complexity index is 1020. The standard InChI is InChI=1S/C21H24Cl2N2O4S/c1-13(2)14-3-7-16(8-4-14)29-10-9-24-21(26)17-11-20(19(23)12-18(17)22)30(27,28)25-15-5-6-15/h3-4,7-8,11-13,15,25H,5-6,9-10H2,1-2H3,(H,24,26). The maximum Gasteiger partial charge on any atom is 0.252 e. The van der Waals surface area contributed by atoms with Gasteiger partial charge < -0.3 is 10.1 Å². The number of amides is 1. The Morgan fingerprint density at radius 1 is 1.13 bits per heavy atom. The van der Waals surface area contributed by atoms with Gasteiger partial charge in [0.1, 0.15) is 17.3 Å². The van der Waals surface area contributed by atoms with E-state index in [9.17, 15) is 13.2 Å². The number of hydrogen-bond acceptors (Lipinski definition) is 4. The van der Waals surface area contributed by atoms with Crippen LogP contribution in [0.4, 0.5) is 0 Å². The van der Waals surface area contributed by atoms with Crippen LogP contribution in [-0.2, 0) is 10.0 Å². The number of ether oxygens (including phenoxy) is 1. The van der Waals surface area contributed by atoms with Gasteiger partial charge in [-0.15, -0.1) is 0 Å². The van der Waals surface area contributed by atoms with Crippen LogP contribution in [-0.4, -0.2) is 33.5 Å². The van der Waals surface area contributed by atoms with Crippen molar-refractivity contribution in [1.29, 1.82) is 0 Å². The molecule has 0 saturated heterocycles. The molecule has 2 N–H and O–H groups in total. The summed E-state index contributed by atoms with van der Waals surface area (Å²) in [5.41, 5.74) is 1.26. The molecule has 0 radical (unpaired) electrons. The summed E-state index contributed by atoms with van der Waals surface area (Å²) < 4.78 is 33.1. The zero-order valence-electron chi connectivity index (χ0n) is 16.7. The van der Waals surface area contributed by atoms with E-state index in [1.807, 2.05) is 24.3 Å². The molecule has 0 unspecified atom stereocenters. The third-order valence-electron chi connectivity index (χ3n) is 4.66. The van der Waals surface area contributed by atoms with Crippen LogP contribution in [0.3, 0.4) is 0 Å². The van der Waals surface area contributed by atoms with E-state index in [4.69, 9.17) is 27.9 Å². The average molecular weight is 471 g/mol. The normalized spacial score (nSPS) is 14.0. The Kier molecular flexibility index (Phi) is 7.29. The van der Waals surface area contributed by atoms with E-state index >= 15 is 0 Å². The number of rotatable bonds is 9. The number of halogens is 2. The Morgan fingerprint density at radius 3 is 2.40 bits per heavy atom. The molecule has 0 spiro atoms. The van der Waals surface area contributed by atoms with Crippen molar-refractivity contribution in [3.63, 3.8) is 0 Å². The quantitative estimate of drug-likeness (QED) is 0.532. The summed E-state index contributed by atoms with van der Waals surface area (Å²) >= 11 is 12.2. The third-order valence-corrected chi connectivity index (χ3v) is 6.96. The molecule has 162 valence electrons. The first-order valence-electron chi connectivity index (χ1n) is 9.69. The molecular formula is C21H24Cl2N2O4S. The second-order valence-corrected chi connectivity index (χ2v) is 9.98. The Morgan fingerprint density at radius 2 is 1.80 bits per heavy atom. The molecular weight excluding hydrogens is 447 g/mol. The fourth-order valence-electron chi connectivity index (χ4n) is 2.77. The van der Waals surface area contributed by atoms with Gasteiger partial charge in [0, 0.05) is 6.04 Å². The molecule has 0 bridgehead atoms. The summed E-state index contributed by atoms with van der Waals surface area (Å²) in [6.07, 6.45) is 1.58. The highest BCUT2D eigenvalue weighted by Crippen LogP contribution is 2.30. The Hall–Kier alpha value is -1.80. The first kappa shape index (κ1) is 22.9. The molecule has 2 aromatic rings. The lowest BCUT2D eigenvalue weighted by atomic mass is 10.0. The van der Waals surface area contributed by atoms with Crippen LogP contribution < -0.4 is 14.8 Å². The summed E-state index contributed by atoms with van der Waals surface area (Å²) in [4.78, 5) is 12.4. The van der Waals surface area contributed by atoms with Gasteiger partial charge in [0.05, 0.1) is 22.2 Å². The number of carbonyl (C=O) groups is 1. The minimum atomic E-state index is -3.82. The topological polar surface area (TPSA) is 84.5 Å². The van der Waals surface area contributed by atoms with Gasteiger partial charge in [-0.3, -0.25) is 4.79 Å². The van der Waals surface area contributed by atoms with Crippen LogP contribution in [0.15, 0.2) is 41.3 Å². The van der Waals surface area contributed by atoms with Crippen LogP contribution in [0.2, 0.25) is 10.0 Å². The zero-order valence-corrected chi connectivity index (χ0v) is 19.1. The SMILES string of the molecule is CC(C)c1ccc(OCCNC(=O)c2cc(S(=O)(=O)NC3CC3)c(Cl)cc2Cl)cc1. The van der Waals surface area contributed by atoms with Gasteiger partial charge in [-0.25, -0.2) is 13.1 Å². The Labute approximate surface area is 187 Å². The van der Waals surface area contributed by atoms with Gasteiger partial charge in [0.25, 0.3) is 5.91 Å². The smallest absolute Gasteiger partial charge is 0.252 e. The van der Waals surface area contributed by atoms with Crippen LogP contribution >= 0.6 is 23.2 Å². The number of carbonyl (C=O) groups excluding carboxylic acids is 1. The zero-order chi connectivity index (χ0) is 21.9. The van der Waals surface area contributed by atoms with Crippen molar-refractivity contribution in [2.24, 2.45) is 0 Å². The molecule has 0 aromatic heterocycles. The highest BCUT2D eigenvalue weighted by Gasteiger charge is 2.30. The largest absolute Gasteiger partial charge is 0.492 e. The van der Waals surface area contributed by atoms with Gasteiger partial charge in [0.15, 0.2) is 0 Å². The minimum absolute atomic E-state index is 0.0297. The molecule has 6 nitrogen and oxygen atoms in total. The fourth-order valence-corrected chi connectivity index (χ4v) is 4.93. The lowest BCUT2D eigenvalue weighted by molar-refractivity contribution is 0.0947. The van der Waals surface area contributed by atoms with Crippen molar-refractivity contribution in [3.05, 3.63) is 57.6 Å². The van der Waals surface area contributed by atoms with Crippen molar-refractivity contribution in [3.8, 4) is 5.75 Å². The summed E-state index contributed by atoms with van der Waals surface area (Å²) in [5, 5.41) is 2.73. The summed E-state index contributed by atoms with van der Waals surface area (Å²) in [7, 11) is -3.82. The van der Waals surface area contributed by atoms with Gasteiger partial charge in [-0.1, -0.05) is 49.2 Å². The van der Waals surface area contributed by atoms with Gasteiger partial charge in [-0.05, 0) is 48.6 Å². The molecule has 30 heavy (non-hydrogen) atoms. The average Bonchev–Trinajstić information content (AvgIpc) is 3.48. The van der Waals surface area contributed by atoms with Crippen molar-refractivity contribution in [1.82, 2.24) is 10.0 Å². The summed E-state index contributed by atoms with van der Waals surface area (Å²) in [6.45, 7) is 4.72. The van der Waals surface area contributed by atoms with E-state index in [-0.39, 0.29) is 39.7 Å². The summed E-state index contributed by atoms with van der Waals surface area (Å²) in [6, 6.07) is 10.2. The van der Waals surface area contributed by atoms with E-state index in [0.717, 1.165) is 12.8 Å². The Balaban J connectivity index is 1.60. The predicted octanol–water partition coefficient (Wildman–Crippen LogP) is 4.37. The molecule has 3 rings (SSSR count). The first-order chi connectivity index (χ1) is 14.2. The maximum absolute atomic E-state index is 12.5. The first-order valence-corrected chi connectivity index (χ1v) is 11.9. The molecule has 0 atom stereocenters. The van der Waals surface area contributed by atoms with Gasteiger partial charge >= 0.3 is 0 Å². The van der Waals surface area contributed by atoms with E-state index in [1.165, 1.54) is 17.7 Å². The van der Waals surface area contributed by atoms with Gasteiger partial charge in [0.2, 0.25) is 10.0 Å². The molecule has 2 aromatic carbocycles. The number of hydrogen-bond donors (Lipinski definition) is 2. The number of nitrogens with one attached hydrogen (secondary N) is 2. The lowest BCUT2D eigenvalue weighted by Gasteiger charge is -2.12. The van der Waals surface area contributed by atoms with Crippen LogP contribution in [0.25, 0.3) is 0 Å². The third kappa shape index (κ3) is 5.88. The summed E-state index contributed by atoms with van der Waals surface area (Å²) in [5.74, 6) is 0.645. The lowest BCUT2D eigenvalue weighted by Crippen LogP contribution is -2.29. The van der Waals surface area contributed by atoms with Crippen LogP contribution in [0.1, 0.15) is 48.5 Å². The molecule has 0 heterocycles. The van der Waals surface area contributed by atoms with Crippen LogP contribution in [0.5, 0.6) is 5.75 Å². The highest BCUT2D eigenvalue weighted by molar-refractivity contribution is 7.89. The van der Waals surface area contributed by atoms with E-state index in [2.05, 4.69) is 23.9 Å². The molecule has 1 saturated carbocycles. The predicted molar refractivity (Wildman–Crippen MR) is 118 cm³/mol. The van der Waals surface area contributed by atoms with Crippen LogP contribution in [0, 0.1) is 0 Å². The monoisotopic (exact) mass is 470 g/mol. The van der Waals surface area contributed by atoms with Crippen molar-refractivity contribution >= 4 is 39.1 Å². The van der Waals surface area contributed by atoms with Crippen molar-refractivity contribution < 1.29 is 17.9 Å². The van der Waals surface area contributed by atoms with E-state index < -0.39 is 15.9 Å². The van der Waals surface area contributed by atoms with Crippen molar-refractivity contribution in [2.45, 2.75) is 43.5 Å². The molecule has 1 aliphatic carbocycles. The van der Waals surface area contributed by atoms with Crippen molar-refractivity contribution in [2.75, 3.05) is 13.2 Å². The molecule has 1 fully saturated rings. The molecule has 0 aliphatic heterocycles. The fraction of sp³-hybridized carbons (Fsp3) is 0.381. The molecule has 1 aliphatic rings. The minimum Gasteiger partial charge on any atom is -0.492 e. The highest BCUT2D eigenvalue weighted by atomic mass is 35.5. The second-order valence-electron chi connectivity index (χ2n) is 7.49. The van der Waals surface area contributed by atoms with E-state index in [0.29, 0.717) is 11.7 Å². The number of benzene rings is 2. The maximum atomic E-state index is 12.5. The molecule has 1 amide bonds. The number of sulfonamides is 1. The van der Waals surface area contributed by atoms with Gasteiger partial charge in [-0.2, -0.15) is 0 Å².